The van der Waals surface area contributed by atoms with Crippen LogP contribution in [0.15, 0.2) is 24.3 Å². The summed E-state index contributed by atoms with van der Waals surface area (Å²) < 4.78 is 9.25. The smallest absolute Gasteiger partial charge is 0.166 e. The van der Waals surface area contributed by atoms with E-state index in [4.69, 9.17) is 4.74 Å². The number of phenolic OH excluding ortho intramolecular Hbond substituents is 1. The van der Waals surface area contributed by atoms with Gasteiger partial charge in [0.25, 0.3) is 0 Å². The van der Waals surface area contributed by atoms with Gasteiger partial charge in [-0.3, -0.25) is 4.90 Å². The summed E-state index contributed by atoms with van der Waals surface area (Å²) >= 11 is 0. The molecule has 2 aromatic carbocycles. The van der Waals surface area contributed by atoms with Crippen molar-refractivity contribution in [2.24, 2.45) is 13.0 Å². The zero-order valence-electron chi connectivity index (χ0n) is 21.0. The van der Waals surface area contributed by atoms with Gasteiger partial charge in [0.1, 0.15) is 0 Å². The van der Waals surface area contributed by atoms with Gasteiger partial charge in [-0.25, -0.2) is 0 Å². The third-order valence-electron chi connectivity index (χ3n) is 11.0. The summed E-state index contributed by atoms with van der Waals surface area (Å²) in [6, 6.07) is 8.67. The molecule has 186 valence electrons. The number of ether oxygens (including phenoxy) is 1. The van der Waals surface area contributed by atoms with Gasteiger partial charge in [-0.05, 0) is 92.1 Å². The normalized spacial score (nSPS) is 33.7. The Balaban J connectivity index is 1.34. The summed E-state index contributed by atoms with van der Waals surface area (Å²) in [7, 11) is 2.21. The van der Waals surface area contributed by atoms with E-state index in [-0.39, 0.29) is 17.9 Å². The van der Waals surface area contributed by atoms with Gasteiger partial charge in [0, 0.05) is 37.0 Å². The number of aliphatic hydroxyl groups is 1. The van der Waals surface area contributed by atoms with Gasteiger partial charge >= 0.3 is 0 Å². The van der Waals surface area contributed by atoms with Crippen LogP contribution in [0.3, 0.4) is 0 Å². The maximum Gasteiger partial charge on any atom is 0.166 e. The van der Waals surface area contributed by atoms with E-state index in [0.717, 1.165) is 50.3 Å². The molecule has 36 heavy (non-hydrogen) atoms. The van der Waals surface area contributed by atoms with Gasteiger partial charge in [0.2, 0.25) is 0 Å². The minimum Gasteiger partial charge on any atom is -0.504 e. The minimum atomic E-state index is -0.909. The molecule has 6 aliphatic rings. The van der Waals surface area contributed by atoms with Gasteiger partial charge < -0.3 is 19.5 Å². The van der Waals surface area contributed by atoms with Gasteiger partial charge in [0.05, 0.1) is 22.2 Å². The molecule has 1 aromatic heterocycles. The lowest BCUT2D eigenvalue weighted by atomic mass is 9.49. The first-order chi connectivity index (χ1) is 17.5. The average Bonchev–Trinajstić information content (AvgIpc) is 3.56. The molecule has 2 N–H and O–H groups in total. The second-order valence-electron chi connectivity index (χ2n) is 12.7. The molecule has 1 saturated heterocycles. The lowest BCUT2D eigenvalue weighted by Gasteiger charge is -2.63. The second kappa shape index (κ2) is 6.49. The highest BCUT2D eigenvalue weighted by Crippen LogP contribution is 2.69. The van der Waals surface area contributed by atoms with Crippen LogP contribution in [-0.2, 0) is 38.1 Å². The maximum atomic E-state index is 13.0. The summed E-state index contributed by atoms with van der Waals surface area (Å²) in [4.78, 5) is 2.62. The van der Waals surface area contributed by atoms with Crippen molar-refractivity contribution in [3.05, 3.63) is 57.8 Å². The van der Waals surface area contributed by atoms with E-state index in [1.807, 2.05) is 6.07 Å². The molecule has 9 rings (SSSR count). The predicted molar refractivity (Wildman–Crippen MR) is 138 cm³/mol. The number of fused-ring (bicyclic) bond motifs is 6. The van der Waals surface area contributed by atoms with Crippen LogP contribution in [0.2, 0.25) is 0 Å². The first kappa shape index (κ1) is 20.5. The fraction of sp³-hybridized carbons (Fsp3) is 0.548. The van der Waals surface area contributed by atoms with Crippen LogP contribution in [0.5, 0.6) is 11.5 Å². The molecule has 2 aliphatic heterocycles. The molecule has 3 aromatic rings. The highest BCUT2D eigenvalue weighted by molar-refractivity contribution is 5.90. The highest BCUT2D eigenvalue weighted by Gasteiger charge is 2.73. The number of likely N-dealkylation sites (tertiary alicyclic amines) is 1. The molecular weight excluding hydrogens is 448 g/mol. The molecule has 4 atom stereocenters. The number of aromatic nitrogens is 1. The van der Waals surface area contributed by atoms with Gasteiger partial charge in [-0.2, -0.15) is 0 Å². The molecular formula is C31H34N2O3. The molecule has 2 bridgehead atoms. The summed E-state index contributed by atoms with van der Waals surface area (Å²) in [6.45, 7) is 2.09. The van der Waals surface area contributed by atoms with E-state index >= 15 is 0 Å². The van der Waals surface area contributed by atoms with Crippen molar-refractivity contribution in [3.63, 3.8) is 0 Å². The molecule has 0 amide bonds. The minimum absolute atomic E-state index is 0.0852. The van der Waals surface area contributed by atoms with Crippen molar-refractivity contribution in [1.82, 2.24) is 9.47 Å². The zero-order chi connectivity index (χ0) is 24.0. The Kier molecular flexibility index (Phi) is 3.70. The van der Waals surface area contributed by atoms with Crippen molar-refractivity contribution in [2.75, 3.05) is 13.1 Å². The molecule has 5 heteroatoms. The van der Waals surface area contributed by atoms with Crippen LogP contribution >= 0.6 is 0 Å². The Bertz CT molecular complexity index is 1490. The zero-order valence-corrected chi connectivity index (χ0v) is 21.0. The number of nitrogens with zero attached hydrogens (tertiary/aromatic N) is 2. The Labute approximate surface area is 211 Å². The Hall–Kier alpha value is -2.50. The lowest BCUT2D eigenvalue weighted by molar-refractivity contribution is -0.173. The van der Waals surface area contributed by atoms with Crippen molar-refractivity contribution in [3.8, 4) is 11.5 Å². The second-order valence-corrected chi connectivity index (χ2v) is 12.7. The molecule has 3 heterocycles. The number of aryl methyl sites for hydroxylation is 3. The molecule has 4 aliphatic carbocycles. The molecule has 0 unspecified atom stereocenters. The Morgan fingerprint density at radius 2 is 1.89 bits per heavy atom. The summed E-state index contributed by atoms with van der Waals surface area (Å²) in [5.41, 5.74) is 7.80. The number of phenols is 1. The lowest BCUT2D eigenvalue weighted by Crippen LogP contribution is -2.74. The largest absolute Gasteiger partial charge is 0.504 e. The average molecular weight is 483 g/mol. The third kappa shape index (κ3) is 2.20. The van der Waals surface area contributed by atoms with Crippen LogP contribution in [0.1, 0.15) is 71.7 Å². The first-order valence-electron chi connectivity index (χ1n) is 14.1. The molecule has 2 fully saturated rings. The van der Waals surface area contributed by atoms with Crippen LogP contribution in [0.4, 0.5) is 0 Å². The number of aromatic hydroxyl groups is 1. The summed E-state index contributed by atoms with van der Waals surface area (Å²) in [5, 5.41) is 25.3. The van der Waals surface area contributed by atoms with Crippen LogP contribution < -0.4 is 4.74 Å². The molecule has 0 radical (unpaired) electrons. The number of hydrogen-bond donors (Lipinski definition) is 2. The fourth-order valence-corrected chi connectivity index (χ4v) is 9.34. The van der Waals surface area contributed by atoms with E-state index in [9.17, 15) is 10.2 Å². The molecule has 1 saturated carbocycles. The fourth-order valence-electron chi connectivity index (χ4n) is 9.34. The van der Waals surface area contributed by atoms with Gasteiger partial charge in [-0.15, -0.1) is 0 Å². The number of piperidine rings is 1. The van der Waals surface area contributed by atoms with Gasteiger partial charge in [-0.1, -0.05) is 18.2 Å². The summed E-state index contributed by atoms with van der Waals surface area (Å²) in [6.07, 6.45) is 9.57. The maximum absolute atomic E-state index is 13.0. The quantitative estimate of drug-likeness (QED) is 0.566. The third-order valence-corrected chi connectivity index (χ3v) is 11.0. The standard InChI is InChI=1S/C31H34N2O3/c1-32-26-20-5-3-2-4-18(20)8-10-21(26)22-15-31(35)24-14-19-9-11-23(34)28-25(19)30(31,29(36-28)27(22)32)12-13-33(24)16-17-6-7-17/h8-11,17,24,29,34-35H,2-7,12-16H2,1H3/t24-,29+,30+,31-/m1/s1. The van der Waals surface area contributed by atoms with Crippen molar-refractivity contribution >= 4 is 10.9 Å². The topological polar surface area (TPSA) is 57.9 Å². The van der Waals surface area contributed by atoms with E-state index < -0.39 is 11.0 Å². The Morgan fingerprint density at radius 1 is 1.06 bits per heavy atom. The molecule has 5 nitrogen and oxygen atoms in total. The van der Waals surface area contributed by atoms with E-state index in [1.54, 1.807) is 0 Å². The van der Waals surface area contributed by atoms with E-state index in [2.05, 4.69) is 34.7 Å². The monoisotopic (exact) mass is 482 g/mol. The van der Waals surface area contributed by atoms with Crippen molar-refractivity contribution in [2.45, 2.75) is 80.9 Å². The first-order valence-corrected chi connectivity index (χ1v) is 14.1. The van der Waals surface area contributed by atoms with Crippen LogP contribution in [0.25, 0.3) is 10.9 Å². The number of benzene rings is 2. The van der Waals surface area contributed by atoms with Crippen molar-refractivity contribution in [1.29, 1.82) is 0 Å². The Morgan fingerprint density at radius 3 is 2.75 bits per heavy atom. The SMILES string of the molecule is Cn1c2c(c3ccc4c(c31)CCCC4)C[C@@]1(O)[C@H]3Cc4ccc(O)c5c4[C@@]1(CCN3CC1CC1)[C@H]2O5. The van der Waals surface area contributed by atoms with Gasteiger partial charge in [0.15, 0.2) is 17.6 Å². The van der Waals surface area contributed by atoms with Crippen LogP contribution in [-0.4, -0.2) is 44.4 Å². The number of hydrogen-bond acceptors (Lipinski definition) is 4. The van der Waals surface area contributed by atoms with Crippen LogP contribution in [0, 0.1) is 5.92 Å². The van der Waals surface area contributed by atoms with E-state index in [0.29, 0.717) is 12.2 Å². The highest BCUT2D eigenvalue weighted by atomic mass is 16.5. The predicted octanol–water partition coefficient (Wildman–Crippen LogP) is 4.46. The molecule has 1 spiro atoms. The summed E-state index contributed by atoms with van der Waals surface area (Å²) in [5.74, 6) is 1.64. The number of rotatable bonds is 2. The van der Waals surface area contributed by atoms with E-state index in [1.165, 1.54) is 64.5 Å². The van der Waals surface area contributed by atoms with Crippen molar-refractivity contribution < 1.29 is 14.9 Å².